The smallest absolute Gasteiger partial charge is 0.218 e. The molecule has 1 aromatic heterocycles. The van der Waals surface area contributed by atoms with E-state index in [0.717, 1.165) is 25.3 Å². The molecule has 0 aromatic carbocycles. The number of rotatable bonds is 3. The van der Waals surface area contributed by atoms with E-state index in [1.54, 1.807) is 6.33 Å². The van der Waals surface area contributed by atoms with Crippen LogP contribution in [0.3, 0.4) is 0 Å². The van der Waals surface area contributed by atoms with E-state index in [0.29, 0.717) is 18.4 Å². The van der Waals surface area contributed by atoms with Gasteiger partial charge in [0.2, 0.25) is 5.88 Å². The van der Waals surface area contributed by atoms with Crippen molar-refractivity contribution in [3.8, 4) is 5.88 Å². The molecular weight excluding hydrogens is 238 g/mol. The van der Waals surface area contributed by atoms with E-state index in [1.807, 2.05) is 13.0 Å². The summed E-state index contributed by atoms with van der Waals surface area (Å²) in [6.07, 6.45) is 2.55. The van der Waals surface area contributed by atoms with E-state index in [9.17, 15) is 0 Å². The molecule has 17 heavy (non-hydrogen) atoms. The lowest BCUT2D eigenvalue weighted by atomic mass is 10.00. The minimum Gasteiger partial charge on any atom is -0.478 e. The first-order chi connectivity index (χ1) is 8.20. The first-order valence-electron chi connectivity index (χ1n) is 6.04. The summed E-state index contributed by atoms with van der Waals surface area (Å²) in [5.41, 5.74) is 0. The van der Waals surface area contributed by atoms with Crippen molar-refractivity contribution >= 4 is 17.4 Å². The van der Waals surface area contributed by atoms with Gasteiger partial charge in [-0.3, -0.25) is 0 Å². The number of ether oxygens (including phenoxy) is 1. The zero-order valence-corrected chi connectivity index (χ0v) is 11.0. The monoisotopic (exact) mass is 255 g/mol. The molecule has 94 valence electrons. The minimum absolute atomic E-state index is 0.277. The fraction of sp³-hybridized carbons (Fsp3) is 0.667. The van der Waals surface area contributed by atoms with Crippen LogP contribution in [0.5, 0.6) is 5.88 Å². The maximum atomic E-state index is 6.22. The van der Waals surface area contributed by atoms with Crippen LogP contribution in [0.25, 0.3) is 0 Å². The largest absolute Gasteiger partial charge is 0.478 e. The fourth-order valence-electron chi connectivity index (χ4n) is 2.05. The van der Waals surface area contributed by atoms with E-state index in [1.165, 1.54) is 0 Å². The van der Waals surface area contributed by atoms with Gasteiger partial charge in [0.15, 0.2) is 0 Å². The lowest BCUT2D eigenvalue weighted by Crippen LogP contribution is -2.40. The van der Waals surface area contributed by atoms with Crippen LogP contribution in [0, 0.1) is 5.92 Å². The van der Waals surface area contributed by atoms with Gasteiger partial charge in [-0.15, -0.1) is 11.6 Å². The molecule has 5 heteroatoms. The first kappa shape index (κ1) is 12.4. The quantitative estimate of drug-likeness (QED) is 0.777. The normalized spacial score (nSPS) is 24.8. The molecule has 4 nitrogen and oxygen atoms in total. The van der Waals surface area contributed by atoms with Crippen LogP contribution >= 0.6 is 11.6 Å². The third kappa shape index (κ3) is 3.00. The Balaban J connectivity index is 2.09. The highest BCUT2D eigenvalue weighted by Crippen LogP contribution is 2.26. The highest BCUT2D eigenvalue weighted by molar-refractivity contribution is 6.20. The lowest BCUT2D eigenvalue weighted by molar-refractivity contribution is 0.326. The molecule has 0 saturated carbocycles. The van der Waals surface area contributed by atoms with Gasteiger partial charge in [0.1, 0.15) is 12.1 Å². The predicted octanol–water partition coefficient (Wildman–Crippen LogP) is 2.33. The lowest BCUT2D eigenvalue weighted by Gasteiger charge is -2.34. The van der Waals surface area contributed by atoms with E-state index in [2.05, 4.69) is 21.8 Å². The molecule has 0 N–H and O–H groups in total. The van der Waals surface area contributed by atoms with Crippen LogP contribution in [-0.2, 0) is 0 Å². The van der Waals surface area contributed by atoms with Crippen LogP contribution in [0.15, 0.2) is 12.4 Å². The average Bonchev–Trinajstić information content (AvgIpc) is 2.33. The van der Waals surface area contributed by atoms with Gasteiger partial charge in [-0.05, 0) is 19.3 Å². The molecule has 1 aliphatic heterocycles. The highest BCUT2D eigenvalue weighted by atomic mass is 35.5. The van der Waals surface area contributed by atoms with Crippen molar-refractivity contribution in [2.24, 2.45) is 5.92 Å². The van der Waals surface area contributed by atoms with Gasteiger partial charge in [0.25, 0.3) is 0 Å². The van der Waals surface area contributed by atoms with E-state index in [4.69, 9.17) is 16.3 Å². The minimum atomic E-state index is 0.277. The number of aromatic nitrogens is 2. The maximum Gasteiger partial charge on any atom is 0.218 e. The number of halogens is 1. The molecule has 1 saturated heterocycles. The Morgan fingerprint density at radius 1 is 1.53 bits per heavy atom. The Morgan fingerprint density at radius 2 is 2.35 bits per heavy atom. The summed E-state index contributed by atoms with van der Waals surface area (Å²) in [4.78, 5) is 10.6. The zero-order chi connectivity index (χ0) is 12.3. The van der Waals surface area contributed by atoms with Crippen molar-refractivity contribution in [3.05, 3.63) is 12.4 Å². The molecule has 1 aromatic rings. The molecule has 2 rings (SSSR count). The second kappa shape index (κ2) is 5.54. The molecule has 1 aliphatic rings. The van der Waals surface area contributed by atoms with Crippen LogP contribution in [0.2, 0.25) is 0 Å². The van der Waals surface area contributed by atoms with Gasteiger partial charge in [-0.2, -0.15) is 0 Å². The topological polar surface area (TPSA) is 38.2 Å². The number of anilines is 1. The zero-order valence-electron chi connectivity index (χ0n) is 10.3. The first-order valence-corrected chi connectivity index (χ1v) is 6.48. The molecular formula is C12H18ClN3O. The van der Waals surface area contributed by atoms with Gasteiger partial charge in [-0.1, -0.05) is 6.92 Å². The standard InChI is InChI=1S/C12H18ClN3O/c1-3-17-12-6-11(14-8-15-12)16-5-4-10(13)9(2)7-16/h6,8-10H,3-5,7H2,1-2H3. The summed E-state index contributed by atoms with van der Waals surface area (Å²) in [5, 5.41) is 0.277. The molecule has 0 spiro atoms. The van der Waals surface area contributed by atoms with Gasteiger partial charge in [0.05, 0.1) is 6.61 Å². The van der Waals surface area contributed by atoms with Crippen molar-refractivity contribution in [2.45, 2.75) is 25.6 Å². The molecule has 0 aliphatic carbocycles. The molecule has 0 bridgehead atoms. The average molecular weight is 256 g/mol. The highest BCUT2D eigenvalue weighted by Gasteiger charge is 2.25. The third-order valence-electron chi connectivity index (χ3n) is 3.04. The molecule has 2 unspecified atom stereocenters. The number of piperidine rings is 1. The predicted molar refractivity (Wildman–Crippen MR) is 68.8 cm³/mol. The Labute approximate surface area is 107 Å². The third-order valence-corrected chi connectivity index (χ3v) is 3.69. The Kier molecular flexibility index (Phi) is 4.05. The van der Waals surface area contributed by atoms with Crippen molar-refractivity contribution in [1.29, 1.82) is 0 Å². The van der Waals surface area contributed by atoms with Crippen molar-refractivity contribution < 1.29 is 4.74 Å². The second-order valence-electron chi connectivity index (χ2n) is 4.38. The second-order valence-corrected chi connectivity index (χ2v) is 4.94. The maximum absolute atomic E-state index is 6.22. The molecule has 2 atom stereocenters. The van der Waals surface area contributed by atoms with Gasteiger partial charge in [-0.25, -0.2) is 9.97 Å². The molecule has 0 radical (unpaired) electrons. The number of hydrogen-bond donors (Lipinski definition) is 0. The Bertz CT molecular complexity index is 375. The number of nitrogens with zero attached hydrogens (tertiary/aromatic N) is 3. The molecule has 0 amide bonds. The van der Waals surface area contributed by atoms with E-state index < -0.39 is 0 Å². The van der Waals surface area contributed by atoms with E-state index in [-0.39, 0.29) is 5.38 Å². The summed E-state index contributed by atoms with van der Waals surface area (Å²) < 4.78 is 5.38. The van der Waals surface area contributed by atoms with E-state index >= 15 is 0 Å². The Hall–Kier alpha value is -1.03. The summed E-state index contributed by atoms with van der Waals surface area (Å²) >= 11 is 6.22. The Morgan fingerprint density at radius 3 is 3.06 bits per heavy atom. The van der Waals surface area contributed by atoms with Crippen molar-refractivity contribution in [3.63, 3.8) is 0 Å². The van der Waals surface area contributed by atoms with Crippen LogP contribution < -0.4 is 9.64 Å². The molecule has 2 heterocycles. The number of alkyl halides is 1. The van der Waals surface area contributed by atoms with Crippen LogP contribution in [-0.4, -0.2) is 35.0 Å². The summed E-state index contributed by atoms with van der Waals surface area (Å²) in [6, 6.07) is 1.89. The molecule has 1 fully saturated rings. The fourth-order valence-corrected chi connectivity index (χ4v) is 2.23. The summed E-state index contributed by atoms with van der Waals surface area (Å²) in [7, 11) is 0. The van der Waals surface area contributed by atoms with Crippen molar-refractivity contribution in [2.75, 3.05) is 24.6 Å². The number of hydrogen-bond acceptors (Lipinski definition) is 4. The van der Waals surface area contributed by atoms with Gasteiger partial charge >= 0.3 is 0 Å². The van der Waals surface area contributed by atoms with Crippen LogP contribution in [0.4, 0.5) is 5.82 Å². The van der Waals surface area contributed by atoms with Crippen LogP contribution in [0.1, 0.15) is 20.3 Å². The van der Waals surface area contributed by atoms with Gasteiger partial charge < -0.3 is 9.64 Å². The summed E-state index contributed by atoms with van der Waals surface area (Å²) in [6.45, 7) is 6.63. The van der Waals surface area contributed by atoms with Crippen molar-refractivity contribution in [1.82, 2.24) is 9.97 Å². The van der Waals surface area contributed by atoms with Gasteiger partial charge in [0, 0.05) is 24.5 Å². The SMILES string of the molecule is CCOc1cc(N2CCC(Cl)C(C)C2)ncn1. The summed E-state index contributed by atoms with van der Waals surface area (Å²) in [5.74, 6) is 2.05.